The first-order valence-electron chi connectivity index (χ1n) is 5.02. The number of nitrogens with zero attached hydrogens (tertiary/aromatic N) is 2. The van der Waals surface area contributed by atoms with Crippen molar-refractivity contribution < 1.29 is 5.11 Å². The summed E-state index contributed by atoms with van der Waals surface area (Å²) < 4.78 is 1.66. The molecule has 0 bridgehead atoms. The van der Waals surface area contributed by atoms with Gasteiger partial charge in [-0.2, -0.15) is 5.10 Å². The zero-order chi connectivity index (χ0) is 11.7. The summed E-state index contributed by atoms with van der Waals surface area (Å²) in [5.41, 5.74) is 2.25. The largest absolute Gasteiger partial charge is 0.382 e. The highest BCUT2D eigenvalue weighted by Crippen LogP contribution is 2.29. The van der Waals surface area contributed by atoms with Crippen molar-refractivity contribution in [1.82, 2.24) is 9.78 Å². The maximum atomic E-state index is 10.2. The topological polar surface area (TPSA) is 38.0 Å². The van der Waals surface area contributed by atoms with Crippen LogP contribution in [0.2, 0.25) is 5.02 Å². The molecule has 4 heteroatoms. The highest BCUT2D eigenvalue weighted by atomic mass is 35.5. The van der Waals surface area contributed by atoms with Gasteiger partial charge < -0.3 is 5.11 Å². The van der Waals surface area contributed by atoms with Gasteiger partial charge in [0.2, 0.25) is 0 Å². The zero-order valence-electron chi connectivity index (χ0n) is 9.18. The van der Waals surface area contributed by atoms with Gasteiger partial charge in [0, 0.05) is 23.8 Å². The number of aliphatic hydroxyl groups excluding tert-OH is 1. The van der Waals surface area contributed by atoms with Gasteiger partial charge in [-0.25, -0.2) is 0 Å². The summed E-state index contributed by atoms with van der Waals surface area (Å²) in [4.78, 5) is 0. The molecule has 0 aliphatic heterocycles. The minimum absolute atomic E-state index is 0.598. The number of rotatable bonds is 2. The molecule has 0 fully saturated rings. The van der Waals surface area contributed by atoms with Crippen molar-refractivity contribution >= 4 is 11.6 Å². The molecule has 0 aliphatic carbocycles. The van der Waals surface area contributed by atoms with Gasteiger partial charge in [0.1, 0.15) is 6.10 Å². The monoisotopic (exact) mass is 236 g/mol. The molecule has 1 heterocycles. The van der Waals surface area contributed by atoms with Crippen LogP contribution < -0.4 is 0 Å². The number of hydrogen-bond donors (Lipinski definition) is 1. The van der Waals surface area contributed by atoms with E-state index in [1.54, 1.807) is 16.9 Å². The van der Waals surface area contributed by atoms with Crippen LogP contribution >= 0.6 is 11.6 Å². The molecule has 0 radical (unpaired) electrons. The Morgan fingerprint density at radius 3 is 2.75 bits per heavy atom. The minimum Gasteiger partial charge on any atom is -0.382 e. The molecule has 0 spiro atoms. The molecule has 0 amide bonds. The summed E-state index contributed by atoms with van der Waals surface area (Å²) >= 11 is 6.15. The fourth-order valence-electron chi connectivity index (χ4n) is 1.62. The lowest BCUT2D eigenvalue weighted by Gasteiger charge is -2.11. The maximum Gasteiger partial charge on any atom is 0.124 e. The third kappa shape index (κ3) is 1.96. The molecule has 16 heavy (non-hydrogen) atoms. The molecule has 1 unspecified atom stereocenters. The fourth-order valence-corrected chi connectivity index (χ4v) is 1.85. The standard InChI is InChI=1S/C12H13ClN2O/c1-8-4-3-5-9(11(8)13)12(16)10-6-7-15(2)14-10/h3-7,12,16H,1-2H3. The van der Waals surface area contributed by atoms with Gasteiger partial charge in [0.05, 0.1) is 5.69 Å². The van der Waals surface area contributed by atoms with Crippen LogP contribution in [-0.2, 0) is 7.05 Å². The van der Waals surface area contributed by atoms with E-state index in [1.807, 2.05) is 32.2 Å². The van der Waals surface area contributed by atoms with Crippen LogP contribution in [0.5, 0.6) is 0 Å². The number of hydrogen-bond acceptors (Lipinski definition) is 2. The molecule has 84 valence electrons. The van der Waals surface area contributed by atoms with Gasteiger partial charge >= 0.3 is 0 Å². The minimum atomic E-state index is -0.770. The normalized spacial score (nSPS) is 12.8. The third-order valence-corrected chi connectivity index (χ3v) is 3.05. The summed E-state index contributed by atoms with van der Waals surface area (Å²) in [7, 11) is 1.81. The number of halogens is 1. The molecule has 3 nitrogen and oxygen atoms in total. The maximum absolute atomic E-state index is 10.2. The molecule has 2 aromatic rings. The van der Waals surface area contributed by atoms with Crippen molar-refractivity contribution in [2.75, 3.05) is 0 Å². The number of aromatic nitrogens is 2. The smallest absolute Gasteiger partial charge is 0.124 e. The van der Waals surface area contributed by atoms with Crippen LogP contribution in [0.15, 0.2) is 30.5 Å². The van der Waals surface area contributed by atoms with Gasteiger partial charge in [0.25, 0.3) is 0 Å². The van der Waals surface area contributed by atoms with E-state index < -0.39 is 6.10 Å². The lowest BCUT2D eigenvalue weighted by molar-refractivity contribution is 0.214. The predicted molar refractivity (Wildman–Crippen MR) is 63.5 cm³/mol. The Morgan fingerprint density at radius 1 is 1.38 bits per heavy atom. The van der Waals surface area contributed by atoms with E-state index >= 15 is 0 Å². The van der Waals surface area contributed by atoms with E-state index in [1.165, 1.54) is 0 Å². The Bertz CT molecular complexity index is 507. The molecule has 1 aromatic carbocycles. The summed E-state index contributed by atoms with van der Waals surface area (Å²) in [6, 6.07) is 7.39. The second-order valence-electron chi connectivity index (χ2n) is 3.79. The Morgan fingerprint density at radius 2 is 2.12 bits per heavy atom. The van der Waals surface area contributed by atoms with E-state index in [0.29, 0.717) is 16.3 Å². The highest BCUT2D eigenvalue weighted by molar-refractivity contribution is 6.32. The van der Waals surface area contributed by atoms with E-state index in [-0.39, 0.29) is 0 Å². The lowest BCUT2D eigenvalue weighted by Crippen LogP contribution is -2.03. The summed E-state index contributed by atoms with van der Waals surface area (Å²) in [6.45, 7) is 1.91. The molecule has 1 N–H and O–H groups in total. The van der Waals surface area contributed by atoms with Crippen molar-refractivity contribution in [2.24, 2.45) is 7.05 Å². The second kappa shape index (κ2) is 4.28. The van der Waals surface area contributed by atoms with Crippen LogP contribution in [0.4, 0.5) is 0 Å². The summed E-state index contributed by atoms with van der Waals surface area (Å²) in [6.07, 6.45) is 1.02. The van der Waals surface area contributed by atoms with Crippen LogP contribution in [0.1, 0.15) is 22.9 Å². The van der Waals surface area contributed by atoms with Crippen molar-refractivity contribution in [2.45, 2.75) is 13.0 Å². The zero-order valence-corrected chi connectivity index (χ0v) is 9.94. The molecule has 2 rings (SSSR count). The molecular formula is C12H13ClN2O. The van der Waals surface area contributed by atoms with Gasteiger partial charge in [-0.1, -0.05) is 29.8 Å². The van der Waals surface area contributed by atoms with Crippen molar-refractivity contribution in [1.29, 1.82) is 0 Å². The van der Waals surface area contributed by atoms with E-state index in [0.717, 1.165) is 5.56 Å². The van der Waals surface area contributed by atoms with Crippen molar-refractivity contribution in [3.8, 4) is 0 Å². The average Bonchev–Trinajstić information content (AvgIpc) is 2.68. The molecule has 1 atom stereocenters. The van der Waals surface area contributed by atoms with Crippen LogP contribution in [0.25, 0.3) is 0 Å². The van der Waals surface area contributed by atoms with E-state index in [9.17, 15) is 5.11 Å². The molecule has 0 saturated heterocycles. The van der Waals surface area contributed by atoms with Gasteiger partial charge in [-0.15, -0.1) is 0 Å². The van der Waals surface area contributed by atoms with Crippen molar-refractivity contribution in [3.05, 3.63) is 52.3 Å². The first-order valence-corrected chi connectivity index (χ1v) is 5.40. The van der Waals surface area contributed by atoms with Crippen LogP contribution in [-0.4, -0.2) is 14.9 Å². The van der Waals surface area contributed by atoms with Crippen molar-refractivity contribution in [3.63, 3.8) is 0 Å². The molecular weight excluding hydrogens is 224 g/mol. The molecule has 0 saturated carbocycles. The first kappa shape index (κ1) is 11.2. The Hall–Kier alpha value is -1.32. The Balaban J connectivity index is 2.41. The molecule has 1 aromatic heterocycles. The van der Waals surface area contributed by atoms with Gasteiger partial charge in [-0.05, 0) is 18.6 Å². The SMILES string of the molecule is Cc1cccc(C(O)c2ccn(C)n2)c1Cl. The first-order chi connectivity index (χ1) is 7.59. The predicted octanol–water partition coefficient (Wildman–Crippen LogP) is 2.46. The number of aliphatic hydroxyl groups is 1. The van der Waals surface area contributed by atoms with Gasteiger partial charge in [-0.3, -0.25) is 4.68 Å². The van der Waals surface area contributed by atoms with Gasteiger partial charge in [0.15, 0.2) is 0 Å². The second-order valence-corrected chi connectivity index (χ2v) is 4.17. The summed E-state index contributed by atoms with van der Waals surface area (Å²) in [5, 5.41) is 14.9. The van der Waals surface area contributed by atoms with Crippen LogP contribution in [0, 0.1) is 6.92 Å². The molecule has 0 aliphatic rings. The highest BCUT2D eigenvalue weighted by Gasteiger charge is 2.16. The van der Waals surface area contributed by atoms with E-state index in [2.05, 4.69) is 5.10 Å². The third-order valence-electron chi connectivity index (χ3n) is 2.53. The van der Waals surface area contributed by atoms with E-state index in [4.69, 9.17) is 11.6 Å². The Labute approximate surface area is 99.3 Å². The quantitative estimate of drug-likeness (QED) is 0.870. The van der Waals surface area contributed by atoms with Crippen LogP contribution in [0.3, 0.4) is 0 Å². The Kier molecular flexibility index (Phi) is 2.99. The summed E-state index contributed by atoms with van der Waals surface area (Å²) in [5.74, 6) is 0. The number of benzene rings is 1. The fraction of sp³-hybridized carbons (Fsp3) is 0.250. The lowest BCUT2D eigenvalue weighted by atomic mass is 10.0. The average molecular weight is 237 g/mol. The number of aryl methyl sites for hydroxylation is 2.